The van der Waals surface area contributed by atoms with Crippen molar-refractivity contribution in [2.24, 2.45) is 0 Å². The monoisotopic (exact) mass is 273 g/mol. The van der Waals surface area contributed by atoms with Crippen LogP contribution in [0, 0.1) is 0 Å². The molecule has 1 unspecified atom stereocenters. The molecule has 18 heavy (non-hydrogen) atoms. The van der Waals surface area contributed by atoms with E-state index in [-0.39, 0.29) is 5.75 Å². The number of carboxylic acids is 1. The molecule has 1 rings (SSSR count). The maximum atomic E-state index is 11.7. The van der Waals surface area contributed by atoms with Crippen molar-refractivity contribution in [1.82, 2.24) is 4.31 Å². The average Bonchev–Trinajstić information content (AvgIpc) is 2.26. The molecule has 0 saturated heterocycles. The standard InChI is InChI=1S/C11H15NO5S/c1-8(9-5-3-4-6-10(9)13)12(2)18(16,17)7-11(14)15/h3-6,8,13H,7H2,1-2H3,(H,14,15). The molecule has 0 radical (unpaired) electrons. The van der Waals surface area contributed by atoms with E-state index in [1.807, 2.05) is 0 Å². The molecule has 0 fully saturated rings. The molecule has 1 aromatic carbocycles. The number of rotatable bonds is 5. The summed E-state index contributed by atoms with van der Waals surface area (Å²) in [5.74, 6) is -2.41. The van der Waals surface area contributed by atoms with E-state index in [1.165, 1.54) is 13.1 Å². The molecule has 0 bridgehead atoms. The number of aliphatic carboxylic acids is 1. The minimum atomic E-state index is -3.90. The minimum Gasteiger partial charge on any atom is -0.508 e. The van der Waals surface area contributed by atoms with Crippen molar-refractivity contribution >= 4 is 16.0 Å². The van der Waals surface area contributed by atoms with E-state index in [9.17, 15) is 18.3 Å². The van der Waals surface area contributed by atoms with Crippen LogP contribution >= 0.6 is 0 Å². The van der Waals surface area contributed by atoms with E-state index < -0.39 is 27.8 Å². The first-order chi connectivity index (χ1) is 8.25. The van der Waals surface area contributed by atoms with Crippen molar-refractivity contribution in [1.29, 1.82) is 0 Å². The molecule has 1 atom stereocenters. The molecule has 7 heteroatoms. The van der Waals surface area contributed by atoms with Gasteiger partial charge in [0.1, 0.15) is 5.75 Å². The first kappa shape index (κ1) is 14.5. The molecular weight excluding hydrogens is 258 g/mol. The highest BCUT2D eigenvalue weighted by atomic mass is 32.2. The number of phenols is 1. The van der Waals surface area contributed by atoms with Crippen LogP contribution in [0.5, 0.6) is 5.75 Å². The van der Waals surface area contributed by atoms with Crippen molar-refractivity contribution in [2.45, 2.75) is 13.0 Å². The van der Waals surface area contributed by atoms with Gasteiger partial charge in [-0.25, -0.2) is 8.42 Å². The molecule has 0 aliphatic carbocycles. The predicted octanol–water partition coefficient (Wildman–Crippen LogP) is 0.799. The SMILES string of the molecule is CC(c1ccccc1O)N(C)S(=O)(=O)CC(=O)O. The van der Waals surface area contributed by atoms with Gasteiger partial charge < -0.3 is 10.2 Å². The van der Waals surface area contributed by atoms with Gasteiger partial charge in [-0.1, -0.05) is 18.2 Å². The normalized spacial score (nSPS) is 13.5. The number of carboxylic acid groups (broad SMARTS) is 1. The lowest BCUT2D eigenvalue weighted by molar-refractivity contribution is -0.134. The van der Waals surface area contributed by atoms with Crippen LogP contribution in [0.1, 0.15) is 18.5 Å². The van der Waals surface area contributed by atoms with Gasteiger partial charge in [0.05, 0.1) is 6.04 Å². The summed E-state index contributed by atoms with van der Waals surface area (Å²) >= 11 is 0. The number of sulfonamides is 1. The fourth-order valence-electron chi connectivity index (χ4n) is 1.54. The lowest BCUT2D eigenvalue weighted by atomic mass is 10.1. The summed E-state index contributed by atoms with van der Waals surface area (Å²) in [6.07, 6.45) is 0. The summed E-state index contributed by atoms with van der Waals surface area (Å²) in [5.41, 5.74) is 0.425. The Hall–Kier alpha value is -1.60. The number of hydrogen-bond donors (Lipinski definition) is 2. The lowest BCUT2D eigenvalue weighted by Gasteiger charge is -2.24. The van der Waals surface area contributed by atoms with E-state index in [0.29, 0.717) is 5.56 Å². The van der Waals surface area contributed by atoms with Gasteiger partial charge in [0.2, 0.25) is 10.0 Å². The van der Waals surface area contributed by atoms with E-state index in [1.54, 1.807) is 25.1 Å². The van der Waals surface area contributed by atoms with E-state index in [2.05, 4.69) is 0 Å². The molecule has 0 aliphatic rings. The topological polar surface area (TPSA) is 94.9 Å². The number of carbonyl (C=O) groups is 1. The molecule has 100 valence electrons. The third kappa shape index (κ3) is 3.21. The van der Waals surface area contributed by atoms with Gasteiger partial charge in [-0.05, 0) is 13.0 Å². The van der Waals surface area contributed by atoms with Crippen molar-refractivity contribution in [2.75, 3.05) is 12.8 Å². The Kier molecular flexibility index (Phi) is 4.31. The number of para-hydroxylation sites is 1. The maximum Gasteiger partial charge on any atom is 0.320 e. The molecule has 0 spiro atoms. The van der Waals surface area contributed by atoms with Gasteiger partial charge in [-0.2, -0.15) is 4.31 Å². The zero-order valence-corrected chi connectivity index (χ0v) is 10.9. The van der Waals surface area contributed by atoms with Crippen molar-refractivity contribution in [3.8, 4) is 5.75 Å². The summed E-state index contributed by atoms with van der Waals surface area (Å²) in [6.45, 7) is 1.58. The Labute approximate surface area is 106 Å². The highest BCUT2D eigenvalue weighted by Gasteiger charge is 2.27. The van der Waals surface area contributed by atoms with E-state index in [0.717, 1.165) is 4.31 Å². The molecule has 0 saturated carbocycles. The predicted molar refractivity (Wildman–Crippen MR) is 65.7 cm³/mol. The summed E-state index contributed by atoms with van der Waals surface area (Å²) in [7, 11) is -2.61. The Morgan fingerprint density at radius 2 is 1.94 bits per heavy atom. The highest BCUT2D eigenvalue weighted by Crippen LogP contribution is 2.28. The molecule has 6 nitrogen and oxygen atoms in total. The highest BCUT2D eigenvalue weighted by molar-refractivity contribution is 7.89. The average molecular weight is 273 g/mol. The van der Waals surface area contributed by atoms with Crippen molar-refractivity contribution in [3.63, 3.8) is 0 Å². The summed E-state index contributed by atoms with van der Waals surface area (Å²) in [5, 5.41) is 18.2. The third-order valence-corrected chi connectivity index (χ3v) is 4.48. The van der Waals surface area contributed by atoms with E-state index in [4.69, 9.17) is 5.11 Å². The van der Waals surface area contributed by atoms with Crippen LogP contribution in [-0.4, -0.2) is 41.7 Å². The Morgan fingerprint density at radius 1 is 1.39 bits per heavy atom. The summed E-state index contributed by atoms with van der Waals surface area (Å²) < 4.78 is 24.4. The van der Waals surface area contributed by atoms with Gasteiger partial charge in [0.15, 0.2) is 5.75 Å². The maximum absolute atomic E-state index is 11.7. The quantitative estimate of drug-likeness (QED) is 0.827. The zero-order chi connectivity index (χ0) is 13.9. The third-order valence-electron chi connectivity index (χ3n) is 2.68. The molecular formula is C11H15NO5S. The first-order valence-corrected chi connectivity index (χ1v) is 6.82. The second-order valence-corrected chi connectivity index (χ2v) is 5.93. The molecule has 0 aromatic heterocycles. The first-order valence-electron chi connectivity index (χ1n) is 5.21. The molecule has 2 N–H and O–H groups in total. The Bertz CT molecular complexity index is 540. The van der Waals surface area contributed by atoms with E-state index >= 15 is 0 Å². The summed E-state index contributed by atoms with van der Waals surface area (Å²) in [4.78, 5) is 10.5. The van der Waals surface area contributed by atoms with Gasteiger partial charge in [0.25, 0.3) is 0 Å². The van der Waals surface area contributed by atoms with Crippen LogP contribution in [0.4, 0.5) is 0 Å². The number of phenolic OH excluding ortho intramolecular Hbond substituents is 1. The molecule has 0 amide bonds. The summed E-state index contributed by atoms with van der Waals surface area (Å²) in [6, 6.07) is 5.69. The van der Waals surface area contributed by atoms with Crippen molar-refractivity contribution < 1.29 is 23.4 Å². The second-order valence-electron chi connectivity index (χ2n) is 3.90. The lowest BCUT2D eigenvalue weighted by Crippen LogP contribution is -2.34. The van der Waals surface area contributed by atoms with Crippen LogP contribution < -0.4 is 0 Å². The molecule has 1 aromatic rings. The minimum absolute atomic E-state index is 0.0256. The van der Waals surface area contributed by atoms with Crippen molar-refractivity contribution in [3.05, 3.63) is 29.8 Å². The molecule has 0 heterocycles. The Balaban J connectivity index is 3.01. The number of benzene rings is 1. The number of nitrogens with zero attached hydrogens (tertiary/aromatic N) is 1. The fraction of sp³-hybridized carbons (Fsp3) is 0.364. The number of aromatic hydroxyl groups is 1. The van der Waals surface area contributed by atoms with Gasteiger partial charge in [0, 0.05) is 12.6 Å². The van der Waals surface area contributed by atoms with Gasteiger partial charge in [-0.15, -0.1) is 0 Å². The van der Waals surface area contributed by atoms with Crippen LogP contribution in [0.15, 0.2) is 24.3 Å². The Morgan fingerprint density at radius 3 is 2.44 bits per heavy atom. The van der Waals surface area contributed by atoms with Crippen LogP contribution in [0.25, 0.3) is 0 Å². The van der Waals surface area contributed by atoms with Gasteiger partial charge in [-0.3, -0.25) is 4.79 Å². The largest absolute Gasteiger partial charge is 0.508 e. The fourth-order valence-corrected chi connectivity index (χ4v) is 2.65. The van der Waals surface area contributed by atoms with Crippen LogP contribution in [0.2, 0.25) is 0 Å². The van der Waals surface area contributed by atoms with Crippen LogP contribution in [-0.2, 0) is 14.8 Å². The van der Waals surface area contributed by atoms with Gasteiger partial charge >= 0.3 is 5.97 Å². The molecule has 0 aliphatic heterocycles. The van der Waals surface area contributed by atoms with Crippen LogP contribution in [0.3, 0.4) is 0 Å². The zero-order valence-electron chi connectivity index (χ0n) is 10.1. The number of hydrogen-bond acceptors (Lipinski definition) is 4. The second kappa shape index (κ2) is 5.36. The smallest absolute Gasteiger partial charge is 0.320 e.